The molecule has 0 bridgehead atoms. The molecular weight excluding hydrogens is 146 g/mol. The number of rotatable bonds is 4. The topological polar surface area (TPSA) is 0 Å². The van der Waals surface area contributed by atoms with Crippen molar-refractivity contribution in [2.45, 2.75) is 32.1 Å². The molecule has 0 aliphatic rings. The van der Waals surface area contributed by atoms with Crippen molar-refractivity contribution >= 4 is 11.6 Å². The summed E-state index contributed by atoms with van der Waals surface area (Å²) >= 11 is 5.29. The van der Waals surface area contributed by atoms with E-state index in [-0.39, 0.29) is 6.42 Å². The van der Waals surface area contributed by atoms with Gasteiger partial charge < -0.3 is 0 Å². The van der Waals surface area contributed by atoms with Gasteiger partial charge in [-0.05, 0) is 19.8 Å². The third kappa shape index (κ3) is 8.15. The maximum absolute atomic E-state index is 12.0. The zero-order valence-electron chi connectivity index (χ0n) is 5.46. The Morgan fingerprint density at radius 1 is 1.33 bits per heavy atom. The number of hydrogen-bond acceptors (Lipinski definition) is 0. The van der Waals surface area contributed by atoms with E-state index in [0.29, 0.717) is 18.7 Å². The Bertz CT molecular complexity index is 67.9. The lowest BCUT2D eigenvalue weighted by Gasteiger charge is -2.07. The van der Waals surface area contributed by atoms with E-state index >= 15 is 0 Å². The first-order valence-electron chi connectivity index (χ1n) is 3.00. The summed E-state index contributed by atoms with van der Waals surface area (Å²) in [7, 11) is 0. The van der Waals surface area contributed by atoms with E-state index in [2.05, 4.69) is 0 Å². The fourth-order valence-corrected chi connectivity index (χ4v) is 0.719. The van der Waals surface area contributed by atoms with Gasteiger partial charge in [0.05, 0.1) is 0 Å². The molecule has 0 aromatic heterocycles. The van der Waals surface area contributed by atoms with Crippen LogP contribution in [-0.2, 0) is 0 Å². The zero-order chi connectivity index (χ0) is 7.33. The summed E-state index contributed by atoms with van der Waals surface area (Å²) in [5, 5.41) is 0. The van der Waals surface area contributed by atoms with Crippen LogP contribution < -0.4 is 0 Å². The highest BCUT2D eigenvalue weighted by Gasteiger charge is 2.19. The molecule has 0 atom stereocenters. The van der Waals surface area contributed by atoms with Crippen LogP contribution in [0.5, 0.6) is 0 Å². The first-order valence-corrected chi connectivity index (χ1v) is 3.53. The lowest BCUT2D eigenvalue weighted by atomic mass is 10.2. The second kappa shape index (κ2) is 4.04. The molecule has 0 fully saturated rings. The zero-order valence-corrected chi connectivity index (χ0v) is 6.22. The molecule has 0 N–H and O–H groups in total. The Kier molecular flexibility index (Phi) is 4.11. The van der Waals surface area contributed by atoms with Crippen LogP contribution in [0.1, 0.15) is 26.2 Å². The van der Waals surface area contributed by atoms with E-state index in [0.717, 1.165) is 6.92 Å². The molecule has 0 nitrogen and oxygen atoms in total. The normalized spacial score (nSPS) is 12.0. The van der Waals surface area contributed by atoms with Gasteiger partial charge in [-0.15, -0.1) is 11.6 Å². The summed E-state index contributed by atoms with van der Waals surface area (Å²) in [6, 6.07) is 0. The summed E-state index contributed by atoms with van der Waals surface area (Å²) in [4.78, 5) is 0. The molecule has 0 spiro atoms. The van der Waals surface area contributed by atoms with Crippen LogP contribution in [0.3, 0.4) is 0 Å². The molecule has 56 valence electrons. The predicted octanol–water partition coefficient (Wildman–Crippen LogP) is 3.05. The fourth-order valence-electron chi connectivity index (χ4n) is 0.530. The second-order valence-electron chi connectivity index (χ2n) is 2.22. The van der Waals surface area contributed by atoms with E-state index in [1.165, 1.54) is 0 Å². The molecule has 0 aliphatic heterocycles. The van der Waals surface area contributed by atoms with E-state index in [1.807, 2.05) is 0 Å². The van der Waals surface area contributed by atoms with Crippen LogP contribution >= 0.6 is 11.6 Å². The molecule has 0 amide bonds. The van der Waals surface area contributed by atoms with Crippen LogP contribution in [0.25, 0.3) is 0 Å². The highest BCUT2D eigenvalue weighted by Crippen LogP contribution is 2.19. The smallest absolute Gasteiger partial charge is 0.207 e. The van der Waals surface area contributed by atoms with Crippen molar-refractivity contribution in [3.63, 3.8) is 0 Å². The number of unbranched alkanes of at least 4 members (excludes halogenated alkanes) is 1. The largest absolute Gasteiger partial charge is 0.245 e. The molecular formula is C6H11ClF2. The molecule has 0 saturated carbocycles. The highest BCUT2D eigenvalue weighted by atomic mass is 35.5. The minimum absolute atomic E-state index is 0.0419. The van der Waals surface area contributed by atoms with Crippen LogP contribution in [0.15, 0.2) is 0 Å². The minimum atomic E-state index is -2.51. The quantitative estimate of drug-likeness (QED) is 0.434. The standard InChI is InChI=1S/C6H11ClF2/c1-6(8,9)4-2-3-5-7/h2-5H2,1H3. The van der Waals surface area contributed by atoms with Crippen LogP contribution in [0.4, 0.5) is 8.78 Å². The number of hydrogen-bond donors (Lipinski definition) is 0. The first kappa shape index (κ1) is 9.15. The van der Waals surface area contributed by atoms with Crippen molar-refractivity contribution in [1.29, 1.82) is 0 Å². The van der Waals surface area contributed by atoms with Gasteiger partial charge in [-0.3, -0.25) is 0 Å². The van der Waals surface area contributed by atoms with Crippen LogP contribution in [-0.4, -0.2) is 11.8 Å². The van der Waals surface area contributed by atoms with Crippen molar-refractivity contribution in [3.8, 4) is 0 Å². The predicted molar refractivity (Wildman–Crippen MR) is 35.2 cm³/mol. The monoisotopic (exact) mass is 156 g/mol. The van der Waals surface area contributed by atoms with Gasteiger partial charge in [0.2, 0.25) is 5.92 Å². The maximum Gasteiger partial charge on any atom is 0.245 e. The molecule has 0 saturated heterocycles. The van der Waals surface area contributed by atoms with E-state index in [4.69, 9.17) is 11.6 Å². The van der Waals surface area contributed by atoms with Gasteiger partial charge in [0.1, 0.15) is 0 Å². The third-order valence-electron chi connectivity index (χ3n) is 0.999. The summed E-state index contributed by atoms with van der Waals surface area (Å²) in [6.45, 7) is 0.932. The average molecular weight is 157 g/mol. The summed E-state index contributed by atoms with van der Waals surface area (Å²) in [5.74, 6) is -2.03. The second-order valence-corrected chi connectivity index (χ2v) is 2.59. The lowest BCUT2D eigenvalue weighted by Crippen LogP contribution is -2.08. The van der Waals surface area contributed by atoms with Crippen molar-refractivity contribution < 1.29 is 8.78 Å². The van der Waals surface area contributed by atoms with E-state index in [1.54, 1.807) is 0 Å². The molecule has 0 rings (SSSR count). The SMILES string of the molecule is CC(F)(F)CCCCCl. The van der Waals surface area contributed by atoms with E-state index in [9.17, 15) is 8.78 Å². The van der Waals surface area contributed by atoms with Gasteiger partial charge in [0.25, 0.3) is 0 Å². The molecule has 0 radical (unpaired) electrons. The summed E-state index contributed by atoms with van der Waals surface area (Å²) in [5.41, 5.74) is 0. The van der Waals surface area contributed by atoms with E-state index < -0.39 is 5.92 Å². The molecule has 3 heteroatoms. The molecule has 0 unspecified atom stereocenters. The molecule has 0 heterocycles. The van der Waals surface area contributed by atoms with Gasteiger partial charge in [-0.1, -0.05) is 0 Å². The molecule has 0 aliphatic carbocycles. The van der Waals surface area contributed by atoms with Crippen molar-refractivity contribution in [1.82, 2.24) is 0 Å². The third-order valence-corrected chi connectivity index (χ3v) is 1.27. The Hall–Kier alpha value is 0.150. The fraction of sp³-hybridized carbons (Fsp3) is 1.00. The summed E-state index contributed by atoms with van der Waals surface area (Å²) < 4.78 is 24.0. The van der Waals surface area contributed by atoms with Crippen LogP contribution in [0, 0.1) is 0 Å². The van der Waals surface area contributed by atoms with Crippen molar-refractivity contribution in [3.05, 3.63) is 0 Å². The Balaban J connectivity index is 3.07. The number of halogens is 3. The van der Waals surface area contributed by atoms with Crippen molar-refractivity contribution in [2.24, 2.45) is 0 Å². The van der Waals surface area contributed by atoms with Gasteiger partial charge in [-0.25, -0.2) is 8.78 Å². The van der Waals surface area contributed by atoms with Crippen molar-refractivity contribution in [2.75, 3.05) is 5.88 Å². The van der Waals surface area contributed by atoms with Crippen LogP contribution in [0.2, 0.25) is 0 Å². The van der Waals surface area contributed by atoms with Gasteiger partial charge in [0.15, 0.2) is 0 Å². The van der Waals surface area contributed by atoms with Gasteiger partial charge in [0, 0.05) is 12.3 Å². The molecule has 0 aromatic rings. The minimum Gasteiger partial charge on any atom is -0.207 e. The highest BCUT2D eigenvalue weighted by molar-refractivity contribution is 6.17. The maximum atomic E-state index is 12.0. The molecule has 0 aromatic carbocycles. The summed E-state index contributed by atoms with van der Waals surface area (Å²) in [6.07, 6.45) is 1.16. The average Bonchev–Trinajstić information content (AvgIpc) is 1.63. The molecule has 9 heavy (non-hydrogen) atoms. The Labute approximate surface area is 59.2 Å². The Morgan fingerprint density at radius 2 is 1.89 bits per heavy atom. The van der Waals surface area contributed by atoms with Gasteiger partial charge >= 0.3 is 0 Å². The lowest BCUT2D eigenvalue weighted by molar-refractivity contribution is 0.0109. The number of alkyl halides is 3. The van der Waals surface area contributed by atoms with Gasteiger partial charge in [-0.2, -0.15) is 0 Å². The first-order chi connectivity index (χ1) is 4.06. The Morgan fingerprint density at radius 3 is 2.22 bits per heavy atom.